The second-order valence-corrected chi connectivity index (χ2v) is 8.45. The van der Waals surface area contributed by atoms with Gasteiger partial charge in [0.25, 0.3) is 0 Å². The number of piperazine rings is 1. The lowest BCUT2D eigenvalue weighted by Crippen LogP contribution is -2.49. The Bertz CT molecular complexity index is 1060. The molecule has 0 aromatic heterocycles. The third-order valence-electron chi connectivity index (χ3n) is 5.79. The highest BCUT2D eigenvalue weighted by Crippen LogP contribution is 2.36. The van der Waals surface area contributed by atoms with Crippen LogP contribution in [0.15, 0.2) is 30.3 Å². The molecule has 1 aliphatic rings. The summed E-state index contributed by atoms with van der Waals surface area (Å²) in [4.78, 5) is 14.2. The van der Waals surface area contributed by atoms with Gasteiger partial charge in [-0.15, -0.1) is 0 Å². The molecule has 0 radical (unpaired) electrons. The lowest BCUT2D eigenvalue weighted by Gasteiger charge is -2.39. The van der Waals surface area contributed by atoms with E-state index in [1.807, 2.05) is 0 Å². The molecule has 1 aliphatic heterocycles. The van der Waals surface area contributed by atoms with Crippen molar-refractivity contribution in [2.24, 2.45) is 0 Å². The largest absolute Gasteiger partial charge is 0.480 e. The first-order chi connectivity index (χ1) is 17.1. The van der Waals surface area contributed by atoms with Gasteiger partial charge in [-0.1, -0.05) is 0 Å². The highest BCUT2D eigenvalue weighted by atomic mass is 19.4. The molecule has 1 heterocycles. The molecule has 0 spiro atoms. The van der Waals surface area contributed by atoms with E-state index < -0.39 is 71.7 Å². The van der Waals surface area contributed by atoms with Crippen LogP contribution in [-0.4, -0.2) is 60.2 Å². The Kier molecular flexibility index (Phi) is 8.75. The Hall–Kier alpha value is -2.84. The molecule has 3 rings (SSSR count). The molecule has 37 heavy (non-hydrogen) atoms. The van der Waals surface area contributed by atoms with Crippen molar-refractivity contribution in [1.29, 1.82) is 0 Å². The average Bonchev–Trinajstić information content (AvgIpc) is 2.79. The highest BCUT2D eigenvalue weighted by Gasteiger charge is 2.37. The number of carbonyl (C=O) groups is 1. The molecule has 1 unspecified atom stereocenters. The van der Waals surface area contributed by atoms with Crippen molar-refractivity contribution in [2.75, 3.05) is 39.3 Å². The van der Waals surface area contributed by atoms with Crippen LogP contribution in [0.2, 0.25) is 0 Å². The van der Waals surface area contributed by atoms with Crippen molar-refractivity contribution in [2.45, 2.75) is 25.0 Å². The van der Waals surface area contributed by atoms with Crippen molar-refractivity contribution in [3.05, 3.63) is 70.0 Å². The van der Waals surface area contributed by atoms with E-state index in [1.165, 1.54) is 0 Å². The fraction of sp³-hybridized carbons (Fsp3) is 0.435. The predicted octanol–water partition coefficient (Wildman–Crippen LogP) is 5.10. The maximum atomic E-state index is 13.9. The number of aliphatic carboxylic acids is 1. The van der Waals surface area contributed by atoms with Gasteiger partial charge in [-0.25, -0.2) is 13.2 Å². The van der Waals surface area contributed by atoms with Gasteiger partial charge in [-0.2, -0.15) is 26.3 Å². The molecule has 0 bridgehead atoms. The second-order valence-electron chi connectivity index (χ2n) is 8.45. The molecule has 0 amide bonds. The maximum absolute atomic E-state index is 13.9. The van der Waals surface area contributed by atoms with E-state index in [1.54, 1.807) is 9.80 Å². The number of alkyl halides is 6. The van der Waals surface area contributed by atoms with E-state index in [4.69, 9.17) is 9.84 Å². The van der Waals surface area contributed by atoms with Gasteiger partial charge in [0.1, 0.15) is 0 Å². The Labute approximate surface area is 205 Å². The number of hydrogen-bond donors (Lipinski definition) is 1. The molecule has 0 saturated carbocycles. The maximum Gasteiger partial charge on any atom is 0.416 e. The van der Waals surface area contributed by atoms with E-state index in [2.05, 4.69) is 0 Å². The van der Waals surface area contributed by atoms with Gasteiger partial charge in [0.15, 0.2) is 17.5 Å². The molecular weight excluding hydrogens is 523 g/mol. The monoisotopic (exact) mass is 544 g/mol. The Balaban J connectivity index is 1.82. The van der Waals surface area contributed by atoms with Gasteiger partial charge in [0.05, 0.1) is 36.9 Å². The van der Waals surface area contributed by atoms with Crippen LogP contribution in [0, 0.1) is 17.5 Å². The fourth-order valence-corrected chi connectivity index (χ4v) is 4.00. The molecule has 204 valence electrons. The van der Waals surface area contributed by atoms with Crippen LogP contribution in [-0.2, 0) is 28.5 Å². The van der Waals surface area contributed by atoms with E-state index >= 15 is 0 Å². The first-order valence-electron chi connectivity index (χ1n) is 10.8. The van der Waals surface area contributed by atoms with Crippen LogP contribution in [0.5, 0.6) is 0 Å². The SMILES string of the molecule is O=C(O)CN1CCN(C(COCc2cc(C(F)(F)F)cc(C(F)(F)F)c2)c2cc(F)c(F)c(F)c2)CC1. The summed E-state index contributed by atoms with van der Waals surface area (Å²) in [6, 6.07) is 1.49. The normalized spacial score (nSPS) is 16.7. The van der Waals surface area contributed by atoms with Crippen LogP contribution in [0.4, 0.5) is 39.5 Å². The van der Waals surface area contributed by atoms with Gasteiger partial charge in [0.2, 0.25) is 0 Å². The Morgan fingerprint density at radius 2 is 1.38 bits per heavy atom. The molecule has 1 atom stereocenters. The summed E-state index contributed by atoms with van der Waals surface area (Å²) >= 11 is 0. The lowest BCUT2D eigenvalue weighted by molar-refractivity contribution is -0.143. The van der Waals surface area contributed by atoms with Crippen LogP contribution < -0.4 is 0 Å². The number of ether oxygens (including phenoxy) is 1. The summed E-state index contributed by atoms with van der Waals surface area (Å²) in [5.41, 5.74) is -3.53. The smallest absolute Gasteiger partial charge is 0.416 e. The van der Waals surface area contributed by atoms with Crippen LogP contribution in [0.3, 0.4) is 0 Å². The number of carboxylic acid groups (broad SMARTS) is 1. The number of nitrogens with zero attached hydrogens (tertiary/aromatic N) is 2. The summed E-state index contributed by atoms with van der Waals surface area (Å²) in [6.45, 7) is -0.454. The van der Waals surface area contributed by atoms with Gasteiger partial charge in [0, 0.05) is 26.2 Å². The summed E-state index contributed by atoms with van der Waals surface area (Å²) in [5.74, 6) is -5.75. The van der Waals surface area contributed by atoms with E-state index in [0.717, 1.165) is 12.1 Å². The van der Waals surface area contributed by atoms with Gasteiger partial charge < -0.3 is 9.84 Å². The van der Waals surface area contributed by atoms with Gasteiger partial charge in [-0.05, 0) is 41.5 Å². The molecule has 1 fully saturated rings. The minimum absolute atomic E-state index is 0.0209. The zero-order valence-corrected chi connectivity index (χ0v) is 19.0. The number of benzene rings is 2. The van der Waals surface area contributed by atoms with E-state index in [-0.39, 0.29) is 44.4 Å². The minimum atomic E-state index is -5.04. The van der Waals surface area contributed by atoms with Gasteiger partial charge in [-0.3, -0.25) is 14.6 Å². The molecule has 1 saturated heterocycles. The fourth-order valence-electron chi connectivity index (χ4n) is 4.00. The third-order valence-corrected chi connectivity index (χ3v) is 5.79. The first-order valence-corrected chi connectivity index (χ1v) is 10.8. The van der Waals surface area contributed by atoms with Crippen LogP contribution >= 0.6 is 0 Å². The summed E-state index contributed by atoms with van der Waals surface area (Å²) in [5, 5.41) is 8.93. The summed E-state index contributed by atoms with van der Waals surface area (Å²) in [6.07, 6.45) is -10.1. The first kappa shape index (κ1) is 28.7. The van der Waals surface area contributed by atoms with E-state index in [9.17, 15) is 44.3 Å². The molecule has 1 N–H and O–H groups in total. The standard InChI is InChI=1S/C23H21F9N2O3/c24-17-7-14(8-18(25)21(17)26)19(34-3-1-33(2-4-34)10-20(35)36)12-37-11-13-5-15(22(27,28)29)9-16(6-13)23(30,31)32/h5-9,19H,1-4,10-12H2,(H,35,36). The number of rotatable bonds is 8. The van der Waals surface area contributed by atoms with Crippen molar-refractivity contribution in [1.82, 2.24) is 9.80 Å². The number of halogens is 9. The molecule has 0 aliphatic carbocycles. The summed E-state index contributed by atoms with van der Waals surface area (Å²) in [7, 11) is 0. The molecule has 2 aromatic carbocycles. The Morgan fingerprint density at radius 1 is 0.865 bits per heavy atom. The molecular formula is C23H21F9N2O3. The predicted molar refractivity (Wildman–Crippen MR) is 111 cm³/mol. The molecule has 2 aromatic rings. The van der Waals surface area contributed by atoms with E-state index in [0.29, 0.717) is 12.1 Å². The topological polar surface area (TPSA) is 53.0 Å². The summed E-state index contributed by atoms with van der Waals surface area (Å²) < 4.78 is 125. The van der Waals surface area contributed by atoms with Crippen molar-refractivity contribution < 1.29 is 54.2 Å². The number of hydrogen-bond acceptors (Lipinski definition) is 4. The van der Waals surface area contributed by atoms with Crippen molar-refractivity contribution in [3.8, 4) is 0 Å². The molecule has 5 nitrogen and oxygen atoms in total. The zero-order valence-electron chi connectivity index (χ0n) is 19.0. The van der Waals surface area contributed by atoms with Crippen LogP contribution in [0.25, 0.3) is 0 Å². The highest BCUT2D eigenvalue weighted by molar-refractivity contribution is 5.69. The Morgan fingerprint density at radius 3 is 1.84 bits per heavy atom. The van der Waals surface area contributed by atoms with Crippen LogP contribution in [0.1, 0.15) is 28.3 Å². The van der Waals surface area contributed by atoms with Crippen molar-refractivity contribution in [3.63, 3.8) is 0 Å². The second kappa shape index (κ2) is 11.3. The quantitative estimate of drug-likeness (QED) is 0.370. The van der Waals surface area contributed by atoms with Crippen molar-refractivity contribution >= 4 is 5.97 Å². The zero-order chi connectivity index (χ0) is 27.5. The average molecular weight is 544 g/mol. The minimum Gasteiger partial charge on any atom is -0.480 e. The third kappa shape index (κ3) is 7.58. The number of carboxylic acids is 1. The lowest BCUT2D eigenvalue weighted by atomic mass is 10.0. The molecule has 14 heteroatoms. The van der Waals surface area contributed by atoms with Gasteiger partial charge >= 0.3 is 18.3 Å².